The average Bonchev–Trinajstić information content (AvgIpc) is 2.25. The summed E-state index contributed by atoms with van der Waals surface area (Å²) in [5.41, 5.74) is 1.98. The fourth-order valence-corrected chi connectivity index (χ4v) is 3.22. The summed E-state index contributed by atoms with van der Waals surface area (Å²) in [6, 6.07) is 0. The first kappa shape index (κ1) is 13.0. The number of hydrogen-bond acceptors (Lipinski definition) is 2. The zero-order chi connectivity index (χ0) is 11.5. The minimum Gasteiger partial charge on any atom is -0.377 e. The molecular formula is C13H25NS. The van der Waals surface area contributed by atoms with E-state index in [4.69, 9.17) is 0 Å². The fourth-order valence-electron chi connectivity index (χ4n) is 1.95. The normalized spacial score (nSPS) is 26.5. The maximum Gasteiger partial charge on any atom is 0.0331 e. The van der Waals surface area contributed by atoms with Gasteiger partial charge in [0.25, 0.3) is 0 Å². The molecule has 15 heavy (non-hydrogen) atoms. The van der Waals surface area contributed by atoms with Gasteiger partial charge in [0.15, 0.2) is 0 Å². The highest BCUT2D eigenvalue weighted by Gasteiger charge is 2.25. The molecule has 1 nitrogen and oxygen atoms in total. The van der Waals surface area contributed by atoms with Crippen LogP contribution in [0.1, 0.15) is 34.1 Å². The average molecular weight is 227 g/mol. The number of allylic oxidation sites excluding steroid dienone is 1. The molecule has 0 aliphatic carbocycles. The lowest BCUT2D eigenvalue weighted by Gasteiger charge is -2.28. The first-order chi connectivity index (χ1) is 6.94. The summed E-state index contributed by atoms with van der Waals surface area (Å²) in [6.07, 6.45) is 3.69. The van der Waals surface area contributed by atoms with E-state index in [1.54, 1.807) is 0 Å². The highest BCUT2D eigenvalue weighted by Crippen LogP contribution is 2.30. The van der Waals surface area contributed by atoms with Crippen molar-refractivity contribution in [2.45, 2.75) is 34.1 Å². The molecule has 1 unspecified atom stereocenters. The van der Waals surface area contributed by atoms with Crippen LogP contribution in [-0.2, 0) is 0 Å². The van der Waals surface area contributed by atoms with Gasteiger partial charge in [0.1, 0.15) is 0 Å². The summed E-state index contributed by atoms with van der Waals surface area (Å²) in [5, 5.41) is 0. The van der Waals surface area contributed by atoms with Gasteiger partial charge < -0.3 is 4.90 Å². The molecule has 1 aliphatic heterocycles. The Morgan fingerprint density at radius 1 is 1.53 bits per heavy atom. The molecule has 0 bridgehead atoms. The third-order valence-corrected chi connectivity index (χ3v) is 4.50. The Balaban J connectivity index is 2.71. The number of nitrogens with zero attached hydrogens (tertiary/aromatic N) is 1. The van der Waals surface area contributed by atoms with Crippen LogP contribution < -0.4 is 0 Å². The van der Waals surface area contributed by atoms with Crippen molar-refractivity contribution in [3.63, 3.8) is 0 Å². The second-order valence-corrected chi connectivity index (χ2v) is 6.54. The quantitative estimate of drug-likeness (QED) is 0.709. The van der Waals surface area contributed by atoms with Gasteiger partial charge in [0, 0.05) is 30.8 Å². The lowest BCUT2D eigenvalue weighted by Crippen LogP contribution is -2.30. The van der Waals surface area contributed by atoms with E-state index in [-0.39, 0.29) is 0 Å². The van der Waals surface area contributed by atoms with Crippen molar-refractivity contribution in [1.82, 2.24) is 4.90 Å². The zero-order valence-corrected chi connectivity index (χ0v) is 11.7. The molecule has 0 radical (unpaired) electrons. The molecule has 0 N–H and O–H groups in total. The molecule has 1 atom stereocenters. The van der Waals surface area contributed by atoms with Crippen LogP contribution in [0.25, 0.3) is 0 Å². The third-order valence-electron chi connectivity index (χ3n) is 3.02. The van der Waals surface area contributed by atoms with Crippen molar-refractivity contribution >= 4 is 11.8 Å². The molecule has 1 saturated heterocycles. The van der Waals surface area contributed by atoms with Gasteiger partial charge in [-0.3, -0.25) is 0 Å². The van der Waals surface area contributed by atoms with Gasteiger partial charge >= 0.3 is 0 Å². The number of hydrogen-bond donors (Lipinski definition) is 0. The van der Waals surface area contributed by atoms with Crippen LogP contribution in [0.3, 0.4) is 0 Å². The highest BCUT2D eigenvalue weighted by molar-refractivity contribution is 7.99. The standard InChI is InChI=1S/C13H25NS/c1-6-11(2)7-12-8-15-10-13(3,4)9-14(12)5/h7,11H,6,8-10H2,1-5H3. The second-order valence-electron chi connectivity index (χ2n) is 5.56. The lowest BCUT2D eigenvalue weighted by molar-refractivity contribution is 0.279. The van der Waals surface area contributed by atoms with Crippen molar-refractivity contribution in [2.24, 2.45) is 11.3 Å². The molecule has 0 aromatic rings. The van der Waals surface area contributed by atoms with E-state index in [0.29, 0.717) is 11.3 Å². The molecule has 1 aliphatic rings. The van der Waals surface area contributed by atoms with Gasteiger partial charge in [-0.15, -0.1) is 0 Å². The Labute approximate surface area is 99.3 Å². The van der Waals surface area contributed by atoms with Crippen LogP contribution in [0, 0.1) is 11.3 Å². The maximum absolute atomic E-state index is 2.45. The Hall–Kier alpha value is -0.110. The Kier molecular flexibility index (Phi) is 4.57. The van der Waals surface area contributed by atoms with Gasteiger partial charge in [-0.2, -0.15) is 11.8 Å². The van der Waals surface area contributed by atoms with E-state index in [0.717, 1.165) is 0 Å². The summed E-state index contributed by atoms with van der Waals surface area (Å²) < 4.78 is 0. The summed E-state index contributed by atoms with van der Waals surface area (Å²) in [5.74, 6) is 3.17. The molecule has 1 rings (SSSR count). The van der Waals surface area contributed by atoms with Crippen LogP contribution in [0.15, 0.2) is 11.8 Å². The van der Waals surface area contributed by atoms with E-state index in [1.807, 2.05) is 0 Å². The van der Waals surface area contributed by atoms with Crippen LogP contribution in [-0.4, -0.2) is 30.0 Å². The summed E-state index contributed by atoms with van der Waals surface area (Å²) in [6.45, 7) is 10.5. The predicted molar refractivity (Wildman–Crippen MR) is 71.3 cm³/mol. The first-order valence-electron chi connectivity index (χ1n) is 5.94. The van der Waals surface area contributed by atoms with E-state index in [9.17, 15) is 0 Å². The van der Waals surface area contributed by atoms with Crippen LogP contribution in [0.2, 0.25) is 0 Å². The summed E-state index contributed by atoms with van der Waals surface area (Å²) in [4.78, 5) is 2.45. The molecule has 88 valence electrons. The van der Waals surface area contributed by atoms with Crippen molar-refractivity contribution in [3.05, 3.63) is 11.8 Å². The predicted octanol–water partition coefficient (Wildman–Crippen LogP) is 3.62. The van der Waals surface area contributed by atoms with Crippen molar-refractivity contribution < 1.29 is 0 Å². The lowest BCUT2D eigenvalue weighted by atomic mass is 9.95. The van der Waals surface area contributed by atoms with Gasteiger partial charge in [-0.05, 0) is 11.3 Å². The monoisotopic (exact) mass is 227 g/mol. The van der Waals surface area contributed by atoms with Gasteiger partial charge in [0.2, 0.25) is 0 Å². The van der Waals surface area contributed by atoms with E-state index < -0.39 is 0 Å². The van der Waals surface area contributed by atoms with E-state index >= 15 is 0 Å². The molecule has 2 heteroatoms. The van der Waals surface area contributed by atoms with Crippen LogP contribution in [0.5, 0.6) is 0 Å². The minimum atomic E-state index is 0.449. The Morgan fingerprint density at radius 3 is 2.80 bits per heavy atom. The Morgan fingerprint density at radius 2 is 2.20 bits per heavy atom. The molecule has 0 aromatic carbocycles. The highest BCUT2D eigenvalue weighted by atomic mass is 32.2. The fraction of sp³-hybridized carbons (Fsp3) is 0.846. The van der Waals surface area contributed by atoms with E-state index in [1.165, 1.54) is 30.2 Å². The molecular weight excluding hydrogens is 202 g/mol. The molecule has 0 amide bonds. The first-order valence-corrected chi connectivity index (χ1v) is 7.09. The molecule has 1 heterocycles. The van der Waals surface area contributed by atoms with Crippen molar-refractivity contribution in [1.29, 1.82) is 0 Å². The van der Waals surface area contributed by atoms with E-state index in [2.05, 4.69) is 57.5 Å². The van der Waals surface area contributed by atoms with Gasteiger partial charge in [-0.1, -0.05) is 40.2 Å². The molecule has 0 spiro atoms. The maximum atomic E-state index is 2.45. The van der Waals surface area contributed by atoms with Gasteiger partial charge in [0.05, 0.1) is 0 Å². The minimum absolute atomic E-state index is 0.449. The smallest absolute Gasteiger partial charge is 0.0331 e. The van der Waals surface area contributed by atoms with Gasteiger partial charge in [-0.25, -0.2) is 0 Å². The molecule has 1 fully saturated rings. The topological polar surface area (TPSA) is 3.24 Å². The summed E-state index contributed by atoms with van der Waals surface area (Å²) in [7, 11) is 2.24. The van der Waals surface area contributed by atoms with Crippen LogP contribution >= 0.6 is 11.8 Å². The third kappa shape index (κ3) is 4.10. The largest absolute Gasteiger partial charge is 0.377 e. The molecule has 0 aromatic heterocycles. The SMILES string of the molecule is CCC(C)C=C1CSCC(C)(C)CN1C. The zero-order valence-electron chi connectivity index (χ0n) is 10.8. The van der Waals surface area contributed by atoms with Crippen molar-refractivity contribution in [3.8, 4) is 0 Å². The Bertz CT molecular complexity index is 233. The molecule has 0 saturated carbocycles. The number of thioether (sulfide) groups is 1. The van der Waals surface area contributed by atoms with Crippen LogP contribution in [0.4, 0.5) is 0 Å². The summed E-state index contributed by atoms with van der Waals surface area (Å²) >= 11 is 2.08. The van der Waals surface area contributed by atoms with Crippen molar-refractivity contribution in [2.75, 3.05) is 25.1 Å². The number of rotatable bonds is 2. The second kappa shape index (κ2) is 5.29.